The molecule has 0 aromatic heterocycles. The molecule has 1 fully saturated rings. The zero-order valence-corrected chi connectivity index (χ0v) is 12.5. The normalized spacial score (nSPS) is 20.2. The topological polar surface area (TPSA) is 74.7 Å². The van der Waals surface area contributed by atoms with Crippen LogP contribution >= 0.6 is 0 Å². The monoisotopic (exact) mass is 297 g/mol. The fourth-order valence-electron chi connectivity index (χ4n) is 2.49. The van der Waals surface area contributed by atoms with E-state index >= 15 is 0 Å². The summed E-state index contributed by atoms with van der Waals surface area (Å²) in [6, 6.07) is 4.28. The Labute approximate surface area is 119 Å². The molecular formula is C14H19NO4S. The van der Waals surface area contributed by atoms with Gasteiger partial charge < -0.3 is 5.11 Å². The Morgan fingerprint density at radius 2 is 2.15 bits per heavy atom. The van der Waals surface area contributed by atoms with Crippen molar-refractivity contribution in [3.05, 3.63) is 29.3 Å². The summed E-state index contributed by atoms with van der Waals surface area (Å²) in [5, 5.41) is 9.09. The van der Waals surface area contributed by atoms with Gasteiger partial charge in [0.2, 0.25) is 10.0 Å². The number of aryl methyl sites for hydroxylation is 1. The second-order valence-corrected chi connectivity index (χ2v) is 7.15. The Hall–Kier alpha value is -1.40. The van der Waals surface area contributed by atoms with Crippen LogP contribution in [0.15, 0.2) is 23.1 Å². The van der Waals surface area contributed by atoms with Crippen LogP contribution in [0.1, 0.15) is 35.7 Å². The number of rotatable bonds is 4. The summed E-state index contributed by atoms with van der Waals surface area (Å²) in [6.07, 6.45) is 1.83. The van der Waals surface area contributed by atoms with E-state index in [9.17, 15) is 13.2 Å². The first-order valence-electron chi connectivity index (χ1n) is 6.70. The molecule has 0 aliphatic carbocycles. The maximum Gasteiger partial charge on any atom is 0.335 e. The zero-order chi connectivity index (χ0) is 14.9. The van der Waals surface area contributed by atoms with Gasteiger partial charge in [0, 0.05) is 13.1 Å². The number of carboxylic acids is 1. The number of carbonyl (C=O) groups is 1. The minimum atomic E-state index is -3.58. The molecule has 1 aliphatic rings. The third kappa shape index (κ3) is 2.71. The van der Waals surface area contributed by atoms with Crippen molar-refractivity contribution in [2.75, 3.05) is 13.1 Å². The van der Waals surface area contributed by atoms with E-state index in [1.807, 2.05) is 0 Å². The number of hydrogen-bond donors (Lipinski definition) is 1. The smallest absolute Gasteiger partial charge is 0.335 e. The number of aromatic carboxylic acids is 1. The molecule has 1 saturated heterocycles. The molecule has 2 rings (SSSR count). The lowest BCUT2D eigenvalue weighted by Gasteiger charge is -2.17. The summed E-state index contributed by atoms with van der Waals surface area (Å²) in [4.78, 5) is 11.2. The maximum absolute atomic E-state index is 12.5. The van der Waals surface area contributed by atoms with Gasteiger partial charge in [-0.05, 0) is 37.0 Å². The Morgan fingerprint density at radius 1 is 1.45 bits per heavy atom. The van der Waals surface area contributed by atoms with E-state index in [1.54, 1.807) is 13.0 Å². The molecule has 20 heavy (non-hydrogen) atoms. The van der Waals surface area contributed by atoms with Crippen molar-refractivity contribution in [1.82, 2.24) is 4.31 Å². The second-order valence-electron chi connectivity index (χ2n) is 5.21. The predicted octanol–water partition coefficient (Wildman–Crippen LogP) is 2.11. The van der Waals surface area contributed by atoms with Crippen LogP contribution in [0.2, 0.25) is 0 Å². The zero-order valence-electron chi connectivity index (χ0n) is 11.7. The van der Waals surface area contributed by atoms with Gasteiger partial charge >= 0.3 is 5.97 Å². The molecule has 0 spiro atoms. The van der Waals surface area contributed by atoms with Crippen molar-refractivity contribution in [3.63, 3.8) is 0 Å². The highest BCUT2D eigenvalue weighted by Gasteiger charge is 2.32. The summed E-state index contributed by atoms with van der Waals surface area (Å²) in [5.41, 5.74) is 0.599. The van der Waals surface area contributed by atoms with Crippen molar-refractivity contribution in [3.8, 4) is 0 Å². The van der Waals surface area contributed by atoms with E-state index in [2.05, 4.69) is 6.92 Å². The molecule has 0 saturated carbocycles. The molecule has 1 heterocycles. The van der Waals surface area contributed by atoms with Crippen LogP contribution in [0.4, 0.5) is 0 Å². The number of benzene rings is 1. The SMILES string of the molecule is CCC1CCN(S(=O)(=O)c2ccc(C)c(C(=O)O)c2)C1. The second kappa shape index (κ2) is 5.54. The summed E-state index contributed by atoms with van der Waals surface area (Å²) < 4.78 is 26.5. The van der Waals surface area contributed by atoms with Crippen molar-refractivity contribution in [2.24, 2.45) is 5.92 Å². The third-order valence-corrected chi connectivity index (χ3v) is 5.76. The van der Waals surface area contributed by atoms with E-state index in [-0.39, 0.29) is 10.5 Å². The highest BCUT2D eigenvalue weighted by molar-refractivity contribution is 7.89. The van der Waals surface area contributed by atoms with Crippen LogP contribution in [0, 0.1) is 12.8 Å². The minimum absolute atomic E-state index is 0.0392. The number of hydrogen-bond acceptors (Lipinski definition) is 3. The van der Waals surface area contributed by atoms with Crippen LogP contribution in [-0.4, -0.2) is 36.9 Å². The lowest BCUT2D eigenvalue weighted by atomic mass is 10.1. The average molecular weight is 297 g/mol. The molecule has 1 aromatic carbocycles. The van der Waals surface area contributed by atoms with Gasteiger partial charge in [-0.1, -0.05) is 19.4 Å². The first-order chi connectivity index (χ1) is 9.36. The molecular weight excluding hydrogens is 278 g/mol. The molecule has 5 nitrogen and oxygen atoms in total. The van der Waals surface area contributed by atoms with E-state index < -0.39 is 16.0 Å². The lowest BCUT2D eigenvalue weighted by Crippen LogP contribution is -2.29. The van der Waals surface area contributed by atoms with Crippen molar-refractivity contribution in [2.45, 2.75) is 31.6 Å². The quantitative estimate of drug-likeness (QED) is 0.923. The Morgan fingerprint density at radius 3 is 2.70 bits per heavy atom. The minimum Gasteiger partial charge on any atom is -0.478 e. The van der Waals surface area contributed by atoms with Gasteiger partial charge in [-0.25, -0.2) is 13.2 Å². The van der Waals surface area contributed by atoms with Gasteiger partial charge in [-0.15, -0.1) is 0 Å². The van der Waals surface area contributed by atoms with E-state index in [0.717, 1.165) is 12.8 Å². The largest absolute Gasteiger partial charge is 0.478 e. The molecule has 1 N–H and O–H groups in total. The molecule has 1 aromatic rings. The van der Waals surface area contributed by atoms with Gasteiger partial charge in [0.1, 0.15) is 0 Å². The number of carboxylic acid groups (broad SMARTS) is 1. The molecule has 6 heteroatoms. The van der Waals surface area contributed by atoms with E-state index in [1.165, 1.54) is 16.4 Å². The Kier molecular flexibility index (Phi) is 4.15. The van der Waals surface area contributed by atoms with Gasteiger partial charge in [-0.2, -0.15) is 4.31 Å². The fourth-order valence-corrected chi connectivity index (χ4v) is 4.05. The Balaban J connectivity index is 2.35. The van der Waals surface area contributed by atoms with Crippen molar-refractivity contribution < 1.29 is 18.3 Å². The molecule has 1 aliphatic heterocycles. The molecule has 1 atom stereocenters. The highest BCUT2D eigenvalue weighted by atomic mass is 32.2. The summed E-state index contributed by atoms with van der Waals surface area (Å²) in [6.45, 7) is 4.74. The first kappa shape index (κ1) is 15.0. The van der Waals surface area contributed by atoms with E-state index in [4.69, 9.17) is 5.11 Å². The third-order valence-electron chi connectivity index (χ3n) is 3.90. The van der Waals surface area contributed by atoms with Crippen LogP contribution < -0.4 is 0 Å². The standard InChI is InChI=1S/C14H19NO4S/c1-3-11-6-7-15(9-11)20(18,19)12-5-4-10(2)13(8-12)14(16)17/h4-5,8,11H,3,6-7,9H2,1-2H3,(H,16,17). The van der Waals surface area contributed by atoms with E-state index in [0.29, 0.717) is 24.6 Å². The van der Waals surface area contributed by atoms with Crippen LogP contribution in [0.3, 0.4) is 0 Å². The van der Waals surface area contributed by atoms with Gasteiger partial charge in [0.25, 0.3) is 0 Å². The summed E-state index contributed by atoms with van der Waals surface area (Å²) in [5.74, 6) is -0.707. The molecule has 0 amide bonds. The molecule has 1 unspecified atom stereocenters. The van der Waals surface area contributed by atoms with Crippen LogP contribution in [-0.2, 0) is 10.0 Å². The van der Waals surface area contributed by atoms with Gasteiger partial charge in [0.05, 0.1) is 10.5 Å². The first-order valence-corrected chi connectivity index (χ1v) is 8.14. The average Bonchev–Trinajstić information content (AvgIpc) is 2.88. The van der Waals surface area contributed by atoms with Crippen LogP contribution in [0.25, 0.3) is 0 Å². The number of sulfonamides is 1. The van der Waals surface area contributed by atoms with Gasteiger partial charge in [0.15, 0.2) is 0 Å². The highest BCUT2D eigenvalue weighted by Crippen LogP contribution is 2.27. The molecule has 0 radical (unpaired) electrons. The van der Waals surface area contributed by atoms with Crippen LogP contribution in [0.5, 0.6) is 0 Å². The lowest BCUT2D eigenvalue weighted by molar-refractivity contribution is 0.0696. The molecule has 0 bridgehead atoms. The summed E-state index contributed by atoms with van der Waals surface area (Å²) in [7, 11) is -3.58. The van der Waals surface area contributed by atoms with Gasteiger partial charge in [-0.3, -0.25) is 0 Å². The summed E-state index contributed by atoms with van der Waals surface area (Å²) >= 11 is 0. The maximum atomic E-state index is 12.5. The molecule has 110 valence electrons. The van der Waals surface area contributed by atoms with Crippen molar-refractivity contribution in [1.29, 1.82) is 0 Å². The predicted molar refractivity (Wildman–Crippen MR) is 75.3 cm³/mol. The van der Waals surface area contributed by atoms with Crippen molar-refractivity contribution >= 4 is 16.0 Å². The number of nitrogens with zero attached hydrogens (tertiary/aromatic N) is 1. The fraction of sp³-hybridized carbons (Fsp3) is 0.500. The Bertz CT molecular complexity index is 624.